The lowest BCUT2D eigenvalue weighted by Gasteiger charge is -2.38. The van der Waals surface area contributed by atoms with Gasteiger partial charge in [0.2, 0.25) is 0 Å². The highest BCUT2D eigenvalue weighted by Gasteiger charge is 2.37. The molecule has 2 aliphatic heterocycles. The van der Waals surface area contributed by atoms with Crippen LogP contribution in [0.2, 0.25) is 10.0 Å². The Morgan fingerprint density at radius 3 is 2.42 bits per heavy atom. The molecule has 0 aliphatic carbocycles. The van der Waals surface area contributed by atoms with Crippen molar-refractivity contribution in [1.29, 1.82) is 0 Å². The highest BCUT2D eigenvalue weighted by atomic mass is 35.5. The van der Waals surface area contributed by atoms with E-state index in [1.54, 1.807) is 0 Å². The molecule has 2 atom stereocenters. The van der Waals surface area contributed by atoms with Crippen molar-refractivity contribution in [2.75, 3.05) is 44.2 Å². The second-order valence-corrected chi connectivity index (χ2v) is 9.34. The molecular weight excluding hydrogens is 431 g/mol. The van der Waals surface area contributed by atoms with Gasteiger partial charge in [0, 0.05) is 73.1 Å². The maximum absolute atomic E-state index is 10.9. The zero-order valence-corrected chi connectivity index (χ0v) is 18.8. The van der Waals surface area contributed by atoms with Gasteiger partial charge in [-0.15, -0.1) is 0 Å². The summed E-state index contributed by atoms with van der Waals surface area (Å²) in [4.78, 5) is 11.7. The fourth-order valence-electron chi connectivity index (χ4n) is 4.81. The Balaban J connectivity index is 1.23. The van der Waals surface area contributed by atoms with Crippen LogP contribution in [-0.4, -0.2) is 71.3 Å². The lowest BCUT2D eigenvalue weighted by atomic mass is 10.1. The molecule has 0 saturated carbocycles. The summed E-state index contributed by atoms with van der Waals surface area (Å²) < 4.78 is 0. The molecule has 31 heavy (non-hydrogen) atoms. The van der Waals surface area contributed by atoms with Gasteiger partial charge >= 0.3 is 0 Å². The zero-order valence-electron chi connectivity index (χ0n) is 17.3. The third-order valence-electron chi connectivity index (χ3n) is 6.48. The van der Waals surface area contributed by atoms with Crippen LogP contribution >= 0.6 is 23.2 Å². The number of rotatable bonds is 4. The van der Waals surface area contributed by atoms with E-state index < -0.39 is 0 Å². The van der Waals surface area contributed by atoms with Crippen LogP contribution in [0.4, 0.5) is 5.69 Å². The van der Waals surface area contributed by atoms with Crippen molar-refractivity contribution in [3.8, 4) is 0 Å². The molecule has 2 saturated heterocycles. The second kappa shape index (κ2) is 8.93. The van der Waals surface area contributed by atoms with Gasteiger partial charge in [-0.3, -0.25) is 14.8 Å². The van der Waals surface area contributed by atoms with Gasteiger partial charge in [-0.05, 0) is 42.0 Å². The third-order valence-corrected chi connectivity index (χ3v) is 6.96. The van der Waals surface area contributed by atoms with Crippen molar-refractivity contribution < 1.29 is 5.11 Å². The van der Waals surface area contributed by atoms with Crippen LogP contribution in [0.25, 0.3) is 10.9 Å². The molecule has 3 heterocycles. The number of β-amino-alcohol motifs (C(OH)–C–C–N with tert-alkyl or cyclic N) is 1. The molecule has 0 radical (unpaired) electrons. The fraction of sp³-hybridized carbons (Fsp3) is 0.375. The molecule has 2 aliphatic rings. The quantitative estimate of drug-likeness (QED) is 0.644. The number of anilines is 1. The Bertz CT molecular complexity index is 1050. The van der Waals surface area contributed by atoms with Crippen LogP contribution in [0.3, 0.4) is 0 Å². The molecule has 0 spiro atoms. The largest absolute Gasteiger partial charge is 0.390 e. The minimum absolute atomic E-state index is 0.146. The summed E-state index contributed by atoms with van der Waals surface area (Å²) in [5.74, 6) is 0. The number of hydrogen-bond acceptors (Lipinski definition) is 5. The summed E-state index contributed by atoms with van der Waals surface area (Å²) in [5, 5.41) is 13.4. The van der Waals surface area contributed by atoms with Crippen LogP contribution in [-0.2, 0) is 6.54 Å². The summed E-state index contributed by atoms with van der Waals surface area (Å²) in [5.41, 5.74) is 3.29. The minimum atomic E-state index is -0.363. The van der Waals surface area contributed by atoms with Crippen LogP contribution in [0, 0.1) is 0 Å². The summed E-state index contributed by atoms with van der Waals surface area (Å²) in [7, 11) is 0. The predicted molar refractivity (Wildman–Crippen MR) is 127 cm³/mol. The highest BCUT2D eigenvalue weighted by Crippen LogP contribution is 2.31. The van der Waals surface area contributed by atoms with Crippen molar-refractivity contribution >= 4 is 39.8 Å². The summed E-state index contributed by atoms with van der Waals surface area (Å²) in [6, 6.07) is 16.1. The van der Waals surface area contributed by atoms with E-state index in [0.29, 0.717) is 11.6 Å². The molecule has 5 nitrogen and oxygen atoms in total. The molecule has 5 rings (SSSR count). The van der Waals surface area contributed by atoms with Crippen molar-refractivity contribution in [1.82, 2.24) is 14.8 Å². The normalized spacial score (nSPS) is 23.0. The number of benzene rings is 2. The van der Waals surface area contributed by atoms with Crippen molar-refractivity contribution in [2.24, 2.45) is 0 Å². The lowest BCUT2D eigenvalue weighted by molar-refractivity contribution is 0.0424. The van der Waals surface area contributed by atoms with Gasteiger partial charge in [-0.2, -0.15) is 0 Å². The van der Waals surface area contributed by atoms with Gasteiger partial charge in [0.1, 0.15) is 0 Å². The number of aliphatic hydroxyl groups excluding tert-OH is 1. The SMILES string of the molecule is O[C@H]1CN(c2ccnc3cc(Cl)ccc23)C[C@@H]1N1CCN(Cc2ccc(Cl)cc2)CC1. The van der Waals surface area contributed by atoms with Gasteiger partial charge in [-0.25, -0.2) is 0 Å². The van der Waals surface area contributed by atoms with Gasteiger partial charge in [-0.1, -0.05) is 35.3 Å². The molecule has 1 aromatic heterocycles. The first kappa shape index (κ1) is 21.0. The van der Waals surface area contributed by atoms with Crippen LogP contribution in [0.1, 0.15) is 5.56 Å². The molecule has 0 unspecified atom stereocenters. The molecule has 162 valence electrons. The number of pyridine rings is 1. The van der Waals surface area contributed by atoms with Crippen LogP contribution in [0.5, 0.6) is 0 Å². The van der Waals surface area contributed by atoms with Gasteiger partial charge in [0.25, 0.3) is 0 Å². The minimum Gasteiger partial charge on any atom is -0.390 e. The number of fused-ring (bicyclic) bond motifs is 1. The monoisotopic (exact) mass is 456 g/mol. The number of hydrogen-bond donors (Lipinski definition) is 1. The average Bonchev–Trinajstić information content (AvgIpc) is 3.16. The first-order valence-corrected chi connectivity index (χ1v) is 11.5. The van der Waals surface area contributed by atoms with E-state index in [4.69, 9.17) is 23.2 Å². The maximum Gasteiger partial charge on any atom is 0.0887 e. The number of halogens is 2. The maximum atomic E-state index is 10.9. The van der Waals surface area contributed by atoms with Crippen molar-refractivity contribution in [2.45, 2.75) is 18.7 Å². The Kier molecular flexibility index (Phi) is 6.04. The number of nitrogens with zero attached hydrogens (tertiary/aromatic N) is 4. The smallest absolute Gasteiger partial charge is 0.0887 e. The van der Waals surface area contributed by atoms with Gasteiger partial charge in [0.05, 0.1) is 17.7 Å². The Hall–Kier alpha value is -1.89. The Morgan fingerprint density at radius 1 is 0.903 bits per heavy atom. The Labute approximate surface area is 192 Å². The molecular formula is C24H26Cl2N4O. The number of aromatic nitrogens is 1. The van der Waals surface area contributed by atoms with E-state index in [1.165, 1.54) is 5.56 Å². The van der Waals surface area contributed by atoms with Gasteiger partial charge < -0.3 is 10.0 Å². The van der Waals surface area contributed by atoms with Crippen molar-refractivity contribution in [3.05, 3.63) is 70.3 Å². The molecule has 1 N–H and O–H groups in total. The van der Waals surface area contributed by atoms with E-state index in [2.05, 4.69) is 31.8 Å². The zero-order chi connectivity index (χ0) is 21.4. The van der Waals surface area contributed by atoms with E-state index in [1.807, 2.05) is 42.6 Å². The molecule has 7 heteroatoms. The average molecular weight is 457 g/mol. The second-order valence-electron chi connectivity index (χ2n) is 8.47. The van der Waals surface area contributed by atoms with E-state index in [9.17, 15) is 5.11 Å². The standard InChI is InChI=1S/C24H26Cl2N4O/c25-18-3-1-17(2-4-18)14-28-9-11-29(12-10-28)23-15-30(16-24(23)31)22-7-8-27-21-13-19(26)5-6-20(21)22/h1-8,13,23-24,31H,9-12,14-16H2/t23-,24-/m0/s1. The Morgan fingerprint density at radius 2 is 1.65 bits per heavy atom. The van der Waals surface area contributed by atoms with Crippen LogP contribution < -0.4 is 4.90 Å². The molecule has 3 aromatic rings. The molecule has 0 amide bonds. The molecule has 0 bridgehead atoms. The topological polar surface area (TPSA) is 42.8 Å². The van der Waals surface area contributed by atoms with E-state index in [-0.39, 0.29) is 12.1 Å². The molecule has 2 fully saturated rings. The predicted octanol–water partition coefficient (Wildman–Crippen LogP) is 3.91. The first-order valence-electron chi connectivity index (χ1n) is 10.7. The molecule has 2 aromatic carbocycles. The summed E-state index contributed by atoms with van der Waals surface area (Å²) in [6.45, 7) is 6.34. The van der Waals surface area contributed by atoms with Crippen molar-refractivity contribution in [3.63, 3.8) is 0 Å². The summed E-state index contributed by atoms with van der Waals surface area (Å²) in [6.07, 6.45) is 1.46. The lowest BCUT2D eigenvalue weighted by Crippen LogP contribution is -2.53. The first-order chi connectivity index (χ1) is 15.1. The fourth-order valence-corrected chi connectivity index (χ4v) is 5.10. The van der Waals surface area contributed by atoms with Gasteiger partial charge in [0.15, 0.2) is 0 Å². The van der Waals surface area contributed by atoms with E-state index in [0.717, 1.165) is 60.9 Å². The van der Waals surface area contributed by atoms with Crippen LogP contribution in [0.15, 0.2) is 54.7 Å². The third kappa shape index (κ3) is 4.52. The number of piperazine rings is 1. The summed E-state index contributed by atoms with van der Waals surface area (Å²) >= 11 is 12.1. The highest BCUT2D eigenvalue weighted by molar-refractivity contribution is 6.31. The van der Waals surface area contributed by atoms with E-state index >= 15 is 0 Å². The number of aliphatic hydroxyl groups is 1.